The quantitative estimate of drug-likeness (QED) is 0.768. The van der Waals surface area contributed by atoms with Crippen LogP contribution >= 0.6 is 0 Å². The number of sulfonamides is 1. The van der Waals surface area contributed by atoms with Crippen LogP contribution in [0.3, 0.4) is 0 Å². The molecule has 1 aliphatic heterocycles. The Bertz CT molecular complexity index is 1020. The number of rotatable bonds is 4. The van der Waals surface area contributed by atoms with Crippen molar-refractivity contribution < 1.29 is 26.0 Å². The fourth-order valence-corrected chi connectivity index (χ4v) is 5.79. The fourth-order valence-electron chi connectivity index (χ4n) is 2.73. The summed E-state index contributed by atoms with van der Waals surface area (Å²) in [6.07, 6.45) is 2.45. The molecule has 0 aliphatic carbocycles. The molecule has 2 heterocycles. The number of hydrogen-bond acceptors (Lipinski definition) is 6. The van der Waals surface area contributed by atoms with Gasteiger partial charge in [-0.15, -0.1) is 0 Å². The monoisotopic (exact) mass is 400 g/mol. The number of pyridine rings is 1. The molecular formula is C16H17FN2O5S2. The van der Waals surface area contributed by atoms with Crippen LogP contribution in [0.25, 0.3) is 11.1 Å². The van der Waals surface area contributed by atoms with Gasteiger partial charge in [0.1, 0.15) is 16.5 Å². The van der Waals surface area contributed by atoms with Gasteiger partial charge in [0.05, 0.1) is 24.8 Å². The molecule has 0 amide bonds. The normalized spacial score (nSPS) is 17.8. The number of hydrogen-bond donors (Lipinski definition) is 0. The van der Waals surface area contributed by atoms with Crippen LogP contribution in [0.2, 0.25) is 0 Å². The summed E-state index contributed by atoms with van der Waals surface area (Å²) in [5.41, 5.74) is 0.564. The van der Waals surface area contributed by atoms with Crippen molar-refractivity contribution in [2.45, 2.75) is 4.90 Å². The summed E-state index contributed by atoms with van der Waals surface area (Å²) in [6, 6.07) is 5.77. The third-order valence-electron chi connectivity index (χ3n) is 4.17. The summed E-state index contributed by atoms with van der Waals surface area (Å²) in [7, 11) is -5.88. The van der Waals surface area contributed by atoms with Crippen molar-refractivity contribution in [3.05, 3.63) is 42.5 Å². The maximum absolute atomic E-state index is 14.0. The van der Waals surface area contributed by atoms with Crippen molar-refractivity contribution in [3.63, 3.8) is 0 Å². The van der Waals surface area contributed by atoms with Gasteiger partial charge < -0.3 is 4.74 Å². The Hall–Kier alpha value is -2.04. The molecule has 0 unspecified atom stereocenters. The third-order valence-corrected chi connectivity index (χ3v) is 7.70. The van der Waals surface area contributed by atoms with Gasteiger partial charge >= 0.3 is 0 Å². The molecule has 0 N–H and O–H groups in total. The molecule has 3 rings (SSSR count). The van der Waals surface area contributed by atoms with E-state index in [2.05, 4.69) is 4.98 Å². The van der Waals surface area contributed by atoms with Crippen molar-refractivity contribution >= 4 is 19.9 Å². The van der Waals surface area contributed by atoms with E-state index >= 15 is 0 Å². The number of ether oxygens (including phenoxy) is 1. The summed E-state index contributed by atoms with van der Waals surface area (Å²) < 4.78 is 69.4. The third kappa shape index (κ3) is 3.57. The number of aromatic nitrogens is 1. The molecule has 0 spiro atoms. The highest BCUT2D eigenvalue weighted by Gasteiger charge is 2.33. The topological polar surface area (TPSA) is 93.6 Å². The van der Waals surface area contributed by atoms with Crippen molar-refractivity contribution in [2.75, 3.05) is 31.7 Å². The van der Waals surface area contributed by atoms with Crippen molar-refractivity contribution in [1.82, 2.24) is 9.29 Å². The van der Waals surface area contributed by atoms with Crippen LogP contribution in [0, 0.1) is 5.82 Å². The number of nitrogens with zero attached hydrogens (tertiary/aromatic N) is 2. The molecule has 1 fully saturated rings. The van der Waals surface area contributed by atoms with Crippen LogP contribution in [0.5, 0.6) is 5.75 Å². The first-order valence-electron chi connectivity index (χ1n) is 7.73. The van der Waals surface area contributed by atoms with E-state index in [0.717, 1.165) is 10.5 Å². The second-order valence-electron chi connectivity index (χ2n) is 5.78. The predicted octanol–water partition coefficient (Wildman–Crippen LogP) is 1.32. The molecule has 1 aromatic heterocycles. The van der Waals surface area contributed by atoms with Gasteiger partial charge in [0.2, 0.25) is 10.0 Å². The zero-order chi connectivity index (χ0) is 18.9. The van der Waals surface area contributed by atoms with E-state index in [-0.39, 0.29) is 40.8 Å². The second-order valence-corrected chi connectivity index (χ2v) is 9.99. The van der Waals surface area contributed by atoms with Crippen LogP contribution < -0.4 is 4.74 Å². The standard InChI is InChI=1S/C16H17FN2O5S2/c1-24-15-3-2-12(13-4-5-18-11-14(13)17)10-16(15)26(22,23)19-6-8-25(20,21)9-7-19/h2-5,10-11H,6-9H2,1H3. The smallest absolute Gasteiger partial charge is 0.246 e. The highest BCUT2D eigenvalue weighted by molar-refractivity contribution is 7.92. The summed E-state index contributed by atoms with van der Waals surface area (Å²) in [6.45, 7) is -0.247. The van der Waals surface area contributed by atoms with Crippen LogP contribution in [0.15, 0.2) is 41.6 Å². The molecule has 2 aromatic rings. The summed E-state index contributed by atoms with van der Waals surface area (Å²) in [5.74, 6) is -0.929. The Balaban J connectivity index is 2.06. The number of methoxy groups -OCH3 is 1. The van der Waals surface area contributed by atoms with Crippen molar-refractivity contribution in [1.29, 1.82) is 0 Å². The first kappa shape index (κ1) is 18.7. The van der Waals surface area contributed by atoms with Crippen molar-refractivity contribution in [3.8, 4) is 16.9 Å². The molecule has 1 saturated heterocycles. The Kier molecular flexibility index (Phi) is 5.00. The fraction of sp³-hybridized carbons (Fsp3) is 0.312. The van der Waals surface area contributed by atoms with E-state index in [0.29, 0.717) is 5.56 Å². The SMILES string of the molecule is COc1ccc(-c2ccncc2F)cc1S(=O)(=O)N1CCS(=O)(=O)CC1. The van der Waals surface area contributed by atoms with Crippen molar-refractivity contribution in [2.24, 2.45) is 0 Å². The van der Waals surface area contributed by atoms with E-state index in [9.17, 15) is 21.2 Å². The van der Waals surface area contributed by atoms with E-state index in [4.69, 9.17) is 4.74 Å². The number of sulfone groups is 1. The zero-order valence-corrected chi connectivity index (χ0v) is 15.6. The average molecular weight is 400 g/mol. The van der Waals surface area contributed by atoms with E-state index in [1.165, 1.54) is 31.5 Å². The minimum absolute atomic E-state index is 0.108. The van der Waals surface area contributed by atoms with Crippen LogP contribution in [0.1, 0.15) is 0 Å². The highest BCUT2D eigenvalue weighted by atomic mass is 32.2. The van der Waals surface area contributed by atoms with Crippen LogP contribution in [0.4, 0.5) is 4.39 Å². The van der Waals surface area contributed by atoms with Gasteiger partial charge in [-0.05, 0) is 23.8 Å². The molecule has 0 bridgehead atoms. The maximum Gasteiger partial charge on any atom is 0.246 e. The van der Waals surface area contributed by atoms with Gasteiger partial charge in [-0.3, -0.25) is 4.98 Å². The lowest BCUT2D eigenvalue weighted by atomic mass is 10.1. The molecule has 0 radical (unpaired) electrons. The lowest BCUT2D eigenvalue weighted by Gasteiger charge is -2.26. The van der Waals surface area contributed by atoms with Gasteiger partial charge in [-0.25, -0.2) is 21.2 Å². The second kappa shape index (κ2) is 6.93. The van der Waals surface area contributed by atoms with Gasteiger partial charge in [-0.2, -0.15) is 4.31 Å². The molecule has 0 saturated carbocycles. The Morgan fingerprint density at radius 2 is 1.88 bits per heavy atom. The Morgan fingerprint density at radius 3 is 2.50 bits per heavy atom. The summed E-state index contributed by atoms with van der Waals surface area (Å²) in [5, 5.41) is 0. The lowest BCUT2D eigenvalue weighted by molar-refractivity contribution is 0.394. The minimum atomic E-state index is -3.99. The van der Waals surface area contributed by atoms with Crippen LogP contribution in [-0.4, -0.2) is 57.8 Å². The number of benzene rings is 1. The molecule has 10 heteroatoms. The van der Waals surface area contributed by atoms with E-state index < -0.39 is 25.7 Å². The van der Waals surface area contributed by atoms with E-state index in [1.807, 2.05) is 0 Å². The Morgan fingerprint density at radius 1 is 1.19 bits per heavy atom. The van der Waals surface area contributed by atoms with Gasteiger partial charge in [0, 0.05) is 24.8 Å². The van der Waals surface area contributed by atoms with E-state index in [1.54, 1.807) is 6.07 Å². The molecule has 26 heavy (non-hydrogen) atoms. The molecular weight excluding hydrogens is 383 g/mol. The zero-order valence-electron chi connectivity index (χ0n) is 13.9. The predicted molar refractivity (Wildman–Crippen MR) is 93.6 cm³/mol. The summed E-state index contributed by atoms with van der Waals surface area (Å²) in [4.78, 5) is 3.55. The van der Waals surface area contributed by atoms with Gasteiger partial charge in [0.15, 0.2) is 9.84 Å². The maximum atomic E-state index is 14.0. The Labute approximate surface area is 151 Å². The largest absolute Gasteiger partial charge is 0.495 e. The molecule has 1 aromatic carbocycles. The van der Waals surface area contributed by atoms with Gasteiger partial charge in [0.25, 0.3) is 0 Å². The van der Waals surface area contributed by atoms with Crippen LogP contribution in [-0.2, 0) is 19.9 Å². The molecule has 7 nitrogen and oxygen atoms in total. The first-order valence-corrected chi connectivity index (χ1v) is 11.0. The first-order chi connectivity index (χ1) is 12.2. The molecule has 1 aliphatic rings. The minimum Gasteiger partial charge on any atom is -0.495 e. The van der Waals surface area contributed by atoms with Gasteiger partial charge in [-0.1, -0.05) is 6.07 Å². The summed E-state index contributed by atoms with van der Waals surface area (Å²) >= 11 is 0. The average Bonchev–Trinajstić information content (AvgIpc) is 2.61. The molecule has 140 valence electrons. The highest BCUT2D eigenvalue weighted by Crippen LogP contribution is 2.33. The number of halogens is 1. The lowest BCUT2D eigenvalue weighted by Crippen LogP contribution is -2.43. The molecule has 0 atom stereocenters.